The van der Waals surface area contributed by atoms with Gasteiger partial charge in [0, 0.05) is 0 Å². The van der Waals surface area contributed by atoms with Crippen LogP contribution in [0.3, 0.4) is 0 Å². The van der Waals surface area contributed by atoms with Crippen molar-refractivity contribution in [3.8, 4) is 0 Å². The Morgan fingerprint density at radius 3 is 2.12 bits per heavy atom. The average molecular weight is 444 g/mol. The molecule has 1 aliphatic heterocycles. The van der Waals surface area contributed by atoms with E-state index < -0.39 is 6.09 Å². The summed E-state index contributed by atoms with van der Waals surface area (Å²) in [6, 6.07) is 28.7. The van der Waals surface area contributed by atoms with E-state index in [9.17, 15) is 9.90 Å². The highest BCUT2D eigenvalue weighted by Gasteiger charge is 2.43. The normalized spacial score (nSPS) is 18.5. The van der Waals surface area contributed by atoms with Crippen LogP contribution in [0.2, 0.25) is 0 Å². The summed E-state index contributed by atoms with van der Waals surface area (Å²) in [5.74, 6) is 0.408. The van der Waals surface area contributed by atoms with E-state index in [1.54, 1.807) is 11.8 Å². The number of nitrogens with zero attached hydrogens (tertiary/aromatic N) is 2. The minimum atomic E-state index is -0.465. The molecule has 0 radical (unpaired) electrons. The molecule has 1 aliphatic rings. The van der Waals surface area contributed by atoms with Gasteiger partial charge in [-0.2, -0.15) is 0 Å². The first-order valence-corrected chi connectivity index (χ1v) is 11.3. The number of guanidine groups is 1. The molecule has 6 heteroatoms. The maximum atomic E-state index is 13.2. The summed E-state index contributed by atoms with van der Waals surface area (Å²) in [4.78, 5) is 19.7. The Kier molecular flexibility index (Phi) is 7.37. The van der Waals surface area contributed by atoms with Crippen LogP contribution in [0.1, 0.15) is 35.7 Å². The molecule has 6 nitrogen and oxygen atoms in total. The van der Waals surface area contributed by atoms with Crippen molar-refractivity contribution in [2.75, 3.05) is 13.2 Å². The average Bonchev–Trinajstić information content (AvgIpc) is 3.24. The van der Waals surface area contributed by atoms with Crippen molar-refractivity contribution < 1.29 is 14.6 Å². The van der Waals surface area contributed by atoms with Crippen molar-refractivity contribution in [1.29, 1.82) is 0 Å². The molecule has 2 N–H and O–H groups in total. The first-order valence-electron chi connectivity index (χ1n) is 11.3. The summed E-state index contributed by atoms with van der Waals surface area (Å²) >= 11 is 0. The molecule has 3 aromatic carbocycles. The van der Waals surface area contributed by atoms with E-state index in [4.69, 9.17) is 9.73 Å². The molecule has 3 atom stereocenters. The van der Waals surface area contributed by atoms with Crippen LogP contribution in [0.4, 0.5) is 4.79 Å². The monoisotopic (exact) mass is 443 g/mol. The first-order chi connectivity index (χ1) is 16.2. The van der Waals surface area contributed by atoms with Gasteiger partial charge in [-0.3, -0.25) is 0 Å². The summed E-state index contributed by atoms with van der Waals surface area (Å²) in [5, 5.41) is 13.4. The minimum Gasteiger partial charge on any atom is -0.449 e. The van der Waals surface area contributed by atoms with Gasteiger partial charge in [-0.1, -0.05) is 91.0 Å². The second-order valence-corrected chi connectivity index (χ2v) is 7.95. The van der Waals surface area contributed by atoms with Crippen LogP contribution in [0, 0.1) is 0 Å². The summed E-state index contributed by atoms with van der Waals surface area (Å²) in [6.07, 6.45) is 0.131. The molecule has 0 aliphatic carbocycles. The lowest BCUT2D eigenvalue weighted by Crippen LogP contribution is -2.49. The summed E-state index contributed by atoms with van der Waals surface area (Å²) in [6.45, 7) is 1.94. The number of carbonyl (C=O) groups excluding carboxylic acids is 1. The number of aliphatic hydroxyl groups excluding tert-OH is 1. The van der Waals surface area contributed by atoms with Crippen LogP contribution < -0.4 is 5.32 Å². The minimum absolute atomic E-state index is 0.101. The highest BCUT2D eigenvalue weighted by molar-refractivity contribution is 5.96. The van der Waals surface area contributed by atoms with Gasteiger partial charge in [0.25, 0.3) is 0 Å². The SMILES string of the molecule is CCOC(=O)N1C(NC(CO)Cc2ccccc2)=N[C@@H](c2ccccc2)[C@@H]1c1ccccc1. The topological polar surface area (TPSA) is 74.2 Å². The van der Waals surface area contributed by atoms with Crippen LogP contribution in [0.5, 0.6) is 0 Å². The van der Waals surface area contributed by atoms with E-state index >= 15 is 0 Å². The highest BCUT2D eigenvalue weighted by atomic mass is 16.6. The van der Waals surface area contributed by atoms with Crippen molar-refractivity contribution in [1.82, 2.24) is 10.2 Å². The van der Waals surface area contributed by atoms with Crippen LogP contribution in [0.15, 0.2) is 96.0 Å². The highest BCUT2D eigenvalue weighted by Crippen LogP contribution is 2.42. The molecule has 1 heterocycles. The third-order valence-electron chi connectivity index (χ3n) is 5.69. The van der Waals surface area contributed by atoms with Crippen molar-refractivity contribution in [3.63, 3.8) is 0 Å². The Bertz CT molecular complexity index is 1060. The molecule has 0 saturated heterocycles. The number of nitrogens with one attached hydrogen (secondary N) is 1. The van der Waals surface area contributed by atoms with Gasteiger partial charge in [0.2, 0.25) is 5.96 Å². The number of benzene rings is 3. The van der Waals surface area contributed by atoms with Crippen LogP contribution >= 0.6 is 0 Å². The molecule has 33 heavy (non-hydrogen) atoms. The number of hydrogen-bond acceptors (Lipinski definition) is 5. The molecule has 0 aromatic heterocycles. The van der Waals surface area contributed by atoms with Crippen molar-refractivity contribution in [2.24, 2.45) is 4.99 Å². The number of hydrogen-bond donors (Lipinski definition) is 2. The molecule has 0 spiro atoms. The summed E-state index contributed by atoms with van der Waals surface area (Å²) in [5.41, 5.74) is 3.05. The van der Waals surface area contributed by atoms with Gasteiger partial charge in [-0.05, 0) is 30.0 Å². The Morgan fingerprint density at radius 1 is 0.970 bits per heavy atom. The molecule has 4 rings (SSSR count). The zero-order valence-corrected chi connectivity index (χ0v) is 18.7. The van der Waals surface area contributed by atoms with Gasteiger partial charge in [0.05, 0.1) is 25.3 Å². The second-order valence-electron chi connectivity index (χ2n) is 7.95. The fourth-order valence-electron chi connectivity index (χ4n) is 4.17. The van der Waals surface area contributed by atoms with Crippen LogP contribution in [-0.4, -0.2) is 41.3 Å². The lowest BCUT2D eigenvalue weighted by atomic mass is 9.94. The van der Waals surface area contributed by atoms with Crippen LogP contribution in [-0.2, 0) is 11.2 Å². The van der Waals surface area contributed by atoms with Gasteiger partial charge in [0.15, 0.2) is 0 Å². The smallest absolute Gasteiger partial charge is 0.417 e. The van der Waals surface area contributed by atoms with Gasteiger partial charge in [-0.25, -0.2) is 14.7 Å². The third-order valence-corrected chi connectivity index (χ3v) is 5.69. The quantitative estimate of drug-likeness (QED) is 0.564. The van der Waals surface area contributed by atoms with Gasteiger partial charge in [-0.15, -0.1) is 0 Å². The number of aliphatic imine (C=N–C) groups is 1. The second kappa shape index (κ2) is 10.8. The van der Waals surface area contributed by atoms with E-state index in [0.717, 1.165) is 16.7 Å². The fraction of sp³-hybridized carbons (Fsp3) is 0.259. The number of amides is 1. The molecule has 170 valence electrons. The number of carbonyl (C=O) groups is 1. The van der Waals surface area contributed by atoms with E-state index in [-0.39, 0.29) is 31.3 Å². The van der Waals surface area contributed by atoms with Crippen molar-refractivity contribution >= 4 is 12.1 Å². The molecule has 1 amide bonds. The van der Waals surface area contributed by atoms with Gasteiger partial charge in [0.1, 0.15) is 6.04 Å². The standard InChI is InChI=1S/C27H29N3O3/c1-2-33-27(32)30-25(22-16-10-5-11-17-22)24(21-14-8-4-9-15-21)29-26(30)28-23(19-31)18-20-12-6-3-7-13-20/h3-17,23-25,31H,2,18-19H2,1H3,(H,28,29)/t23?,24-,25-/m0/s1. The zero-order chi connectivity index (χ0) is 23.0. The zero-order valence-electron chi connectivity index (χ0n) is 18.7. The maximum Gasteiger partial charge on any atom is 0.417 e. The molecule has 0 bridgehead atoms. The molecule has 0 saturated carbocycles. The molecular formula is C27H29N3O3. The Balaban J connectivity index is 1.71. The molecular weight excluding hydrogens is 414 g/mol. The molecule has 1 unspecified atom stereocenters. The predicted octanol–water partition coefficient (Wildman–Crippen LogP) is 4.49. The Hall–Kier alpha value is -3.64. The van der Waals surface area contributed by atoms with Gasteiger partial charge < -0.3 is 15.2 Å². The number of rotatable bonds is 7. The fourth-order valence-corrected chi connectivity index (χ4v) is 4.17. The van der Waals surface area contributed by atoms with E-state index in [1.165, 1.54) is 0 Å². The van der Waals surface area contributed by atoms with Gasteiger partial charge >= 0.3 is 6.09 Å². The molecule has 0 fully saturated rings. The van der Waals surface area contributed by atoms with Crippen LogP contribution in [0.25, 0.3) is 0 Å². The largest absolute Gasteiger partial charge is 0.449 e. The van der Waals surface area contributed by atoms with E-state index in [2.05, 4.69) is 5.32 Å². The number of aliphatic hydroxyl groups is 1. The van der Waals surface area contributed by atoms with Crippen molar-refractivity contribution in [3.05, 3.63) is 108 Å². The summed E-state index contributed by atoms with van der Waals surface area (Å²) < 4.78 is 5.43. The predicted molar refractivity (Wildman–Crippen MR) is 129 cm³/mol. The lowest BCUT2D eigenvalue weighted by molar-refractivity contribution is 0.116. The number of ether oxygens (including phenoxy) is 1. The van der Waals surface area contributed by atoms with Crippen molar-refractivity contribution in [2.45, 2.75) is 31.5 Å². The third kappa shape index (κ3) is 5.23. The molecule has 3 aromatic rings. The Morgan fingerprint density at radius 2 is 1.55 bits per heavy atom. The maximum absolute atomic E-state index is 13.2. The lowest BCUT2D eigenvalue weighted by Gasteiger charge is -2.30. The van der Waals surface area contributed by atoms with E-state index in [1.807, 2.05) is 91.0 Å². The van der Waals surface area contributed by atoms with E-state index in [0.29, 0.717) is 12.4 Å². The first kappa shape index (κ1) is 22.6. The Labute approximate surface area is 194 Å². The summed E-state index contributed by atoms with van der Waals surface area (Å²) in [7, 11) is 0.